The molecule has 0 unspecified atom stereocenters. The van der Waals surface area contributed by atoms with Crippen molar-refractivity contribution in [1.29, 1.82) is 0 Å². The highest BCUT2D eigenvalue weighted by molar-refractivity contribution is 5.98. The summed E-state index contributed by atoms with van der Waals surface area (Å²) in [5, 5.41) is 8.03. The number of carbonyl (C=O) groups excluding carboxylic acids is 1. The Bertz CT molecular complexity index is 1350. The minimum atomic E-state index is -0.497. The Hall–Kier alpha value is -4.27. The Morgan fingerprint density at radius 1 is 1.18 bits per heavy atom. The Kier molecular flexibility index (Phi) is 5.21. The van der Waals surface area contributed by atoms with Crippen LogP contribution in [0.15, 0.2) is 67.5 Å². The van der Waals surface area contributed by atoms with E-state index in [0.29, 0.717) is 41.1 Å². The number of carbonyl (C=O) groups is 1. The van der Waals surface area contributed by atoms with Crippen LogP contribution in [0.25, 0.3) is 22.3 Å². The van der Waals surface area contributed by atoms with Crippen LogP contribution in [0.4, 0.5) is 10.2 Å². The molecule has 0 bridgehead atoms. The Balaban J connectivity index is 1.47. The number of hydrogen-bond donors (Lipinski definition) is 2. The number of rotatable bonds is 6. The van der Waals surface area contributed by atoms with Crippen molar-refractivity contribution >= 4 is 22.8 Å². The van der Waals surface area contributed by atoms with E-state index in [1.807, 2.05) is 18.2 Å². The molecule has 0 aliphatic heterocycles. The predicted octanol–water partition coefficient (Wildman–Crippen LogP) is 4.01. The zero-order valence-corrected chi connectivity index (χ0v) is 17.6. The van der Waals surface area contributed by atoms with Gasteiger partial charge in [0.2, 0.25) is 5.91 Å². The van der Waals surface area contributed by atoms with Crippen LogP contribution in [-0.4, -0.2) is 31.7 Å². The highest BCUT2D eigenvalue weighted by Crippen LogP contribution is 2.39. The van der Waals surface area contributed by atoms with Gasteiger partial charge in [-0.25, -0.2) is 19.0 Å². The van der Waals surface area contributed by atoms with Crippen molar-refractivity contribution in [3.63, 3.8) is 0 Å². The SMILES string of the molecule is C=CC(=O)NC1CC(n2nc(-c3ccc(Oc4ccccc4)cc3F)c3c(N)ncnc32)C1. The van der Waals surface area contributed by atoms with E-state index in [9.17, 15) is 4.79 Å². The van der Waals surface area contributed by atoms with Gasteiger partial charge in [0.15, 0.2) is 5.65 Å². The summed E-state index contributed by atoms with van der Waals surface area (Å²) in [5.74, 6) is 0.496. The lowest BCUT2D eigenvalue weighted by atomic mass is 9.87. The maximum Gasteiger partial charge on any atom is 0.243 e. The summed E-state index contributed by atoms with van der Waals surface area (Å²) in [6.07, 6.45) is 3.96. The zero-order chi connectivity index (χ0) is 22.9. The quantitative estimate of drug-likeness (QED) is 0.435. The molecular weight excluding hydrogens is 423 g/mol. The topological polar surface area (TPSA) is 108 Å². The van der Waals surface area contributed by atoms with E-state index in [-0.39, 0.29) is 29.4 Å². The Labute approximate surface area is 188 Å². The monoisotopic (exact) mass is 444 g/mol. The van der Waals surface area contributed by atoms with Gasteiger partial charge in [-0.1, -0.05) is 24.8 Å². The molecule has 2 heterocycles. The number of nitrogen functional groups attached to an aromatic ring is 1. The number of ether oxygens (including phenoxy) is 1. The van der Waals surface area contributed by atoms with Gasteiger partial charge >= 0.3 is 0 Å². The molecule has 8 nitrogen and oxygen atoms in total. The summed E-state index contributed by atoms with van der Waals surface area (Å²) in [6, 6.07) is 13.8. The van der Waals surface area contributed by atoms with Gasteiger partial charge in [-0.15, -0.1) is 0 Å². The molecule has 1 aliphatic carbocycles. The van der Waals surface area contributed by atoms with Crippen LogP contribution in [-0.2, 0) is 4.79 Å². The second-order valence-electron chi connectivity index (χ2n) is 7.84. The lowest BCUT2D eigenvalue weighted by Crippen LogP contribution is -2.44. The molecule has 1 fully saturated rings. The summed E-state index contributed by atoms with van der Waals surface area (Å²) in [5.41, 5.74) is 7.31. The van der Waals surface area contributed by atoms with Crippen molar-refractivity contribution in [3.8, 4) is 22.8 Å². The number of nitrogens with one attached hydrogen (secondary N) is 1. The van der Waals surface area contributed by atoms with Crippen molar-refractivity contribution in [3.05, 3.63) is 73.3 Å². The van der Waals surface area contributed by atoms with E-state index in [1.54, 1.807) is 28.9 Å². The third kappa shape index (κ3) is 3.89. The molecule has 0 saturated heterocycles. The molecule has 5 rings (SSSR count). The van der Waals surface area contributed by atoms with Crippen molar-refractivity contribution in [2.24, 2.45) is 0 Å². The smallest absolute Gasteiger partial charge is 0.243 e. The van der Waals surface area contributed by atoms with E-state index in [4.69, 9.17) is 10.5 Å². The molecule has 1 aliphatic rings. The molecule has 33 heavy (non-hydrogen) atoms. The Morgan fingerprint density at radius 3 is 2.70 bits per heavy atom. The fourth-order valence-corrected chi connectivity index (χ4v) is 3.98. The highest BCUT2D eigenvalue weighted by Gasteiger charge is 2.34. The molecule has 0 atom stereocenters. The Morgan fingerprint density at radius 2 is 1.97 bits per heavy atom. The van der Waals surface area contributed by atoms with Crippen LogP contribution in [0.5, 0.6) is 11.5 Å². The molecule has 4 aromatic rings. The minimum absolute atomic E-state index is 0.00517. The number of fused-ring (bicyclic) bond motifs is 1. The van der Waals surface area contributed by atoms with E-state index in [0.717, 1.165) is 0 Å². The predicted molar refractivity (Wildman–Crippen MR) is 122 cm³/mol. The molecule has 0 spiro atoms. The number of para-hydroxylation sites is 1. The number of amides is 1. The summed E-state index contributed by atoms with van der Waals surface area (Å²) in [7, 11) is 0. The summed E-state index contributed by atoms with van der Waals surface area (Å²) in [4.78, 5) is 20.0. The van der Waals surface area contributed by atoms with Gasteiger partial charge in [-0.05, 0) is 43.2 Å². The third-order valence-corrected chi connectivity index (χ3v) is 5.68. The number of hydrogen-bond acceptors (Lipinski definition) is 6. The van der Waals surface area contributed by atoms with Crippen molar-refractivity contribution in [2.45, 2.75) is 24.9 Å². The van der Waals surface area contributed by atoms with Gasteiger partial charge in [-0.3, -0.25) is 4.79 Å². The summed E-state index contributed by atoms with van der Waals surface area (Å²) in [6.45, 7) is 3.47. The standard InChI is InChI=1S/C24H21FN6O2/c1-2-20(32)29-14-10-15(11-14)31-24-21(23(26)27-13-28-24)22(30-31)18-9-8-17(12-19(18)25)33-16-6-4-3-5-7-16/h2-9,12-15H,1,10-11H2,(H,29,32)(H2,26,27,28). The lowest BCUT2D eigenvalue weighted by Gasteiger charge is -2.35. The second-order valence-corrected chi connectivity index (χ2v) is 7.84. The largest absolute Gasteiger partial charge is 0.457 e. The summed E-state index contributed by atoms with van der Waals surface area (Å²) < 4.78 is 22.7. The number of benzene rings is 2. The molecular formula is C24H21FN6O2. The molecule has 166 valence electrons. The molecule has 3 N–H and O–H groups in total. The molecule has 9 heteroatoms. The van der Waals surface area contributed by atoms with Crippen molar-refractivity contribution in [2.75, 3.05) is 5.73 Å². The van der Waals surface area contributed by atoms with E-state index in [1.165, 1.54) is 18.5 Å². The highest BCUT2D eigenvalue weighted by atomic mass is 19.1. The first kappa shape index (κ1) is 20.6. The van der Waals surface area contributed by atoms with Gasteiger partial charge in [-0.2, -0.15) is 5.10 Å². The first-order valence-corrected chi connectivity index (χ1v) is 10.5. The number of aromatic nitrogens is 4. The van der Waals surface area contributed by atoms with Gasteiger partial charge in [0, 0.05) is 17.7 Å². The average molecular weight is 444 g/mol. The van der Waals surface area contributed by atoms with Gasteiger partial charge < -0.3 is 15.8 Å². The van der Waals surface area contributed by atoms with Crippen molar-refractivity contribution in [1.82, 2.24) is 25.1 Å². The first-order valence-electron chi connectivity index (χ1n) is 10.5. The van der Waals surface area contributed by atoms with Gasteiger partial charge in [0.25, 0.3) is 0 Å². The van der Waals surface area contributed by atoms with Gasteiger partial charge in [0.05, 0.1) is 11.4 Å². The number of anilines is 1. The van der Waals surface area contributed by atoms with E-state index >= 15 is 4.39 Å². The van der Waals surface area contributed by atoms with Crippen LogP contribution < -0.4 is 15.8 Å². The maximum atomic E-state index is 15.2. The third-order valence-electron chi connectivity index (χ3n) is 5.68. The minimum Gasteiger partial charge on any atom is -0.457 e. The maximum absolute atomic E-state index is 15.2. The fraction of sp³-hybridized carbons (Fsp3) is 0.167. The molecule has 1 amide bonds. The molecule has 2 aromatic carbocycles. The summed E-state index contributed by atoms with van der Waals surface area (Å²) >= 11 is 0. The number of nitrogens with two attached hydrogens (primary N) is 1. The lowest BCUT2D eigenvalue weighted by molar-refractivity contribution is -0.117. The van der Waals surface area contributed by atoms with Crippen LogP contribution in [0.3, 0.4) is 0 Å². The van der Waals surface area contributed by atoms with E-state index in [2.05, 4.69) is 27.0 Å². The van der Waals surface area contributed by atoms with Crippen LogP contribution in [0.1, 0.15) is 18.9 Å². The number of nitrogens with zero attached hydrogens (tertiary/aromatic N) is 4. The first-order chi connectivity index (χ1) is 16.0. The second kappa shape index (κ2) is 8.34. The van der Waals surface area contributed by atoms with E-state index < -0.39 is 5.82 Å². The normalized spacial score (nSPS) is 17.4. The van der Waals surface area contributed by atoms with Gasteiger partial charge in [0.1, 0.15) is 35.2 Å². The molecule has 0 radical (unpaired) electrons. The van der Waals surface area contributed by atoms with Crippen LogP contribution in [0, 0.1) is 5.82 Å². The molecule has 2 aromatic heterocycles. The molecule has 1 saturated carbocycles. The zero-order valence-electron chi connectivity index (χ0n) is 17.6. The number of halogens is 1. The average Bonchev–Trinajstić information content (AvgIpc) is 3.17. The fourth-order valence-electron chi connectivity index (χ4n) is 3.98. The van der Waals surface area contributed by atoms with Crippen molar-refractivity contribution < 1.29 is 13.9 Å². The van der Waals surface area contributed by atoms with Crippen LogP contribution in [0.2, 0.25) is 0 Å². The van der Waals surface area contributed by atoms with Crippen LogP contribution >= 0.6 is 0 Å².